The number of ether oxygens (including phenoxy) is 4. The van der Waals surface area contributed by atoms with Crippen LogP contribution in [0.4, 0.5) is 0 Å². The summed E-state index contributed by atoms with van der Waals surface area (Å²) in [5.74, 6) is 1.32. The summed E-state index contributed by atoms with van der Waals surface area (Å²) in [7, 11) is 0. The summed E-state index contributed by atoms with van der Waals surface area (Å²) in [6.07, 6.45) is 16.7. The zero-order chi connectivity index (χ0) is 39.8. The van der Waals surface area contributed by atoms with E-state index >= 15 is 0 Å². The number of phenolic OH excluding ortho intramolecular Hbond substituents is 2. The molecular formula is C45H63N3O8. The van der Waals surface area contributed by atoms with Crippen molar-refractivity contribution in [1.82, 2.24) is 15.0 Å². The van der Waals surface area contributed by atoms with Crippen LogP contribution in [0.3, 0.4) is 0 Å². The first-order chi connectivity index (χ1) is 27.4. The van der Waals surface area contributed by atoms with Gasteiger partial charge in [0.2, 0.25) is 0 Å². The Balaban J connectivity index is 1.28. The highest BCUT2D eigenvalue weighted by Gasteiger charge is 2.17. The van der Waals surface area contributed by atoms with E-state index in [0.29, 0.717) is 52.8 Å². The van der Waals surface area contributed by atoms with Crippen molar-refractivity contribution in [1.29, 1.82) is 0 Å². The minimum Gasteiger partial charge on any atom is -0.507 e. The summed E-state index contributed by atoms with van der Waals surface area (Å²) in [6, 6.07) is 17.2. The quantitative estimate of drug-likeness (QED) is 0.0390. The number of rotatable bonds is 29. The van der Waals surface area contributed by atoms with Crippen molar-refractivity contribution >= 4 is 0 Å². The highest BCUT2D eigenvalue weighted by Crippen LogP contribution is 2.38. The van der Waals surface area contributed by atoms with Crippen LogP contribution in [-0.4, -0.2) is 87.2 Å². The molecule has 0 bridgehead atoms. The molecule has 2 unspecified atom stereocenters. The van der Waals surface area contributed by atoms with Gasteiger partial charge in [0, 0.05) is 36.5 Å². The summed E-state index contributed by atoms with van der Waals surface area (Å²) < 4.78 is 22.7. The van der Waals surface area contributed by atoms with E-state index in [-0.39, 0.29) is 43.8 Å². The molecule has 0 spiro atoms. The van der Waals surface area contributed by atoms with Crippen molar-refractivity contribution in [3.8, 4) is 56.9 Å². The molecule has 11 nitrogen and oxygen atoms in total. The molecule has 0 radical (unpaired) electrons. The zero-order valence-electron chi connectivity index (χ0n) is 33.4. The Hall–Kier alpha value is -4.29. The van der Waals surface area contributed by atoms with Gasteiger partial charge < -0.3 is 39.4 Å². The molecule has 4 N–H and O–H groups in total. The number of aromatic hydroxyl groups is 2. The van der Waals surface area contributed by atoms with Gasteiger partial charge in [-0.1, -0.05) is 115 Å². The molecule has 4 aromatic rings. The third-order valence-corrected chi connectivity index (χ3v) is 9.50. The van der Waals surface area contributed by atoms with Gasteiger partial charge in [0.05, 0.1) is 18.8 Å². The van der Waals surface area contributed by atoms with Gasteiger partial charge in [-0.05, 0) is 42.7 Å². The fourth-order valence-electron chi connectivity index (χ4n) is 6.33. The van der Waals surface area contributed by atoms with Gasteiger partial charge >= 0.3 is 0 Å². The molecule has 0 saturated carbocycles. The van der Waals surface area contributed by atoms with Crippen molar-refractivity contribution in [2.45, 2.75) is 116 Å². The topological polar surface area (TPSA) is 157 Å². The second-order valence-corrected chi connectivity index (χ2v) is 14.4. The molecule has 1 heterocycles. The van der Waals surface area contributed by atoms with E-state index in [0.717, 1.165) is 25.7 Å². The lowest BCUT2D eigenvalue weighted by molar-refractivity contribution is 0.0109. The van der Waals surface area contributed by atoms with Crippen LogP contribution in [0.25, 0.3) is 33.9 Å². The van der Waals surface area contributed by atoms with Gasteiger partial charge in [0.25, 0.3) is 0 Å². The maximum atomic E-state index is 11.1. The van der Waals surface area contributed by atoms with Crippen LogP contribution in [0, 0.1) is 0 Å². The average Bonchev–Trinajstić information content (AvgIpc) is 3.21. The van der Waals surface area contributed by atoms with Crippen LogP contribution in [0.15, 0.2) is 67.0 Å². The van der Waals surface area contributed by atoms with Crippen LogP contribution in [0.5, 0.6) is 23.0 Å². The molecule has 3 aromatic carbocycles. The molecule has 0 fully saturated rings. The first-order valence-corrected chi connectivity index (χ1v) is 20.6. The lowest BCUT2D eigenvalue weighted by Gasteiger charge is -2.15. The molecular weight excluding hydrogens is 711 g/mol. The van der Waals surface area contributed by atoms with E-state index in [1.807, 2.05) is 24.3 Å². The number of unbranched alkanes of at least 4 members (excludes halogenated alkanes) is 12. The Kier molecular flexibility index (Phi) is 20.5. The Morgan fingerprint density at radius 2 is 0.946 bits per heavy atom. The van der Waals surface area contributed by atoms with E-state index in [2.05, 4.69) is 28.8 Å². The number of phenols is 2. The fraction of sp³-hybridized carbons (Fsp3) is 0.533. The van der Waals surface area contributed by atoms with Crippen LogP contribution >= 0.6 is 0 Å². The van der Waals surface area contributed by atoms with Gasteiger partial charge in [-0.25, -0.2) is 15.0 Å². The second-order valence-electron chi connectivity index (χ2n) is 14.4. The minimum absolute atomic E-state index is 0.00742. The van der Waals surface area contributed by atoms with E-state index in [9.17, 15) is 20.4 Å². The minimum atomic E-state index is -0.794. The number of nitrogens with zero attached hydrogens (tertiary/aromatic N) is 3. The van der Waals surface area contributed by atoms with Gasteiger partial charge in [-0.15, -0.1) is 0 Å². The van der Waals surface area contributed by atoms with Gasteiger partial charge in [0.15, 0.2) is 11.6 Å². The van der Waals surface area contributed by atoms with E-state index in [4.69, 9.17) is 18.9 Å². The summed E-state index contributed by atoms with van der Waals surface area (Å²) in [4.78, 5) is 13.4. The van der Waals surface area contributed by atoms with Crippen LogP contribution in [0.1, 0.15) is 104 Å². The molecule has 4 rings (SSSR count). The third-order valence-electron chi connectivity index (χ3n) is 9.50. The van der Waals surface area contributed by atoms with Gasteiger partial charge in [-0.2, -0.15) is 0 Å². The number of aliphatic hydroxyl groups excluding tert-OH is 2. The van der Waals surface area contributed by atoms with Crippen molar-refractivity contribution in [3.63, 3.8) is 0 Å². The maximum Gasteiger partial charge on any atom is 0.167 e. The lowest BCUT2D eigenvalue weighted by atomic mass is 9.98. The molecule has 11 heteroatoms. The van der Waals surface area contributed by atoms with Gasteiger partial charge in [0.1, 0.15) is 54.7 Å². The molecule has 0 amide bonds. The van der Waals surface area contributed by atoms with Crippen molar-refractivity contribution in [3.05, 3.63) is 67.0 Å². The third kappa shape index (κ3) is 15.7. The molecule has 2 atom stereocenters. The number of hydrogen-bond acceptors (Lipinski definition) is 11. The van der Waals surface area contributed by atoms with Crippen LogP contribution in [0.2, 0.25) is 0 Å². The Labute approximate surface area is 333 Å². The average molecular weight is 774 g/mol. The summed E-state index contributed by atoms with van der Waals surface area (Å²) in [6.45, 7) is 6.10. The normalized spacial score (nSPS) is 12.4. The Morgan fingerprint density at radius 3 is 1.45 bits per heavy atom. The summed E-state index contributed by atoms with van der Waals surface area (Å²) >= 11 is 0. The molecule has 0 aliphatic rings. The lowest BCUT2D eigenvalue weighted by Crippen LogP contribution is -2.23. The van der Waals surface area contributed by atoms with Gasteiger partial charge in [-0.3, -0.25) is 0 Å². The van der Waals surface area contributed by atoms with E-state index in [1.54, 1.807) is 24.3 Å². The predicted octanol–water partition coefficient (Wildman–Crippen LogP) is 9.30. The van der Waals surface area contributed by atoms with Crippen LogP contribution < -0.4 is 9.47 Å². The standard InChI is InChI=1S/C45H63N3O8/c1-3-5-7-9-11-13-17-25-53-29-34(49)31-55-36-21-23-39(42(51)27-36)38-19-15-16-20-40(38)44-46-33-47-45(48-44)41-24-22-37(28-43(41)52)56-32-35(50)30-54-26-18-14-12-10-8-6-4-2/h15-16,19-24,27-28,33-35,49-52H,3-14,17-18,25-26,29-32H2,1-2H3. The van der Waals surface area contributed by atoms with Crippen molar-refractivity contribution < 1.29 is 39.4 Å². The summed E-state index contributed by atoms with van der Waals surface area (Å²) in [5.41, 5.74) is 2.26. The zero-order valence-corrected chi connectivity index (χ0v) is 33.4. The highest BCUT2D eigenvalue weighted by atomic mass is 16.5. The molecule has 1 aromatic heterocycles. The first-order valence-electron chi connectivity index (χ1n) is 20.6. The molecule has 0 aliphatic carbocycles. The fourth-order valence-corrected chi connectivity index (χ4v) is 6.33. The Bertz CT molecular complexity index is 1690. The molecule has 0 aliphatic heterocycles. The van der Waals surface area contributed by atoms with Crippen LogP contribution in [-0.2, 0) is 9.47 Å². The molecule has 0 saturated heterocycles. The Morgan fingerprint density at radius 1 is 0.500 bits per heavy atom. The first kappa shape index (κ1) is 44.4. The van der Waals surface area contributed by atoms with E-state index in [1.165, 1.54) is 82.7 Å². The summed E-state index contributed by atoms with van der Waals surface area (Å²) in [5, 5.41) is 42.6. The predicted molar refractivity (Wildman–Crippen MR) is 220 cm³/mol. The smallest absolute Gasteiger partial charge is 0.167 e. The van der Waals surface area contributed by atoms with E-state index < -0.39 is 12.2 Å². The van der Waals surface area contributed by atoms with Crippen molar-refractivity contribution in [2.24, 2.45) is 0 Å². The van der Waals surface area contributed by atoms with Crippen molar-refractivity contribution in [2.75, 3.05) is 39.6 Å². The maximum absolute atomic E-state index is 11.1. The number of hydrogen-bond donors (Lipinski definition) is 4. The number of aliphatic hydroxyl groups is 2. The number of aromatic nitrogens is 3. The molecule has 56 heavy (non-hydrogen) atoms. The SMILES string of the molecule is CCCCCCCCCOCC(O)COc1ccc(-c2ncnc(-c3ccccc3-c3ccc(OCC(O)COCCCCCCCCC)cc3O)n2)c(O)c1. The molecule has 306 valence electrons. The monoisotopic (exact) mass is 773 g/mol. The second kappa shape index (κ2) is 25.8. The highest BCUT2D eigenvalue weighted by molar-refractivity contribution is 5.84. The largest absolute Gasteiger partial charge is 0.507 e. The number of benzene rings is 3.